The summed E-state index contributed by atoms with van der Waals surface area (Å²) in [5.41, 5.74) is 0.476. The maximum atomic E-state index is 10.9. The van der Waals surface area contributed by atoms with Crippen molar-refractivity contribution in [1.82, 2.24) is 0 Å². The summed E-state index contributed by atoms with van der Waals surface area (Å²) in [4.78, 5) is 10.9. The van der Waals surface area contributed by atoms with Crippen LogP contribution >= 0.6 is 11.6 Å². The van der Waals surface area contributed by atoms with Crippen molar-refractivity contribution < 1.29 is 14.3 Å². The quantitative estimate of drug-likeness (QED) is 0.775. The topological polar surface area (TPSA) is 35.5 Å². The minimum Gasteiger partial charge on any atom is -0.489 e. The molecule has 92 valence electrons. The predicted molar refractivity (Wildman–Crippen MR) is 65.9 cm³/mol. The molecule has 1 fully saturated rings. The fourth-order valence-electron chi connectivity index (χ4n) is 1.95. The van der Waals surface area contributed by atoms with Gasteiger partial charge in [0.1, 0.15) is 12.4 Å². The second-order valence-corrected chi connectivity index (χ2v) is 4.64. The molecule has 0 radical (unpaired) electrons. The summed E-state index contributed by atoms with van der Waals surface area (Å²) < 4.78 is 11.2. The van der Waals surface area contributed by atoms with Gasteiger partial charge in [-0.2, -0.15) is 0 Å². The number of rotatable bonds is 4. The first-order valence-corrected chi connectivity index (χ1v) is 6.10. The SMILES string of the molecule is CC1CCC(COc2c(Cl)cccc2C=O)O1. The van der Waals surface area contributed by atoms with Gasteiger partial charge in [0.25, 0.3) is 0 Å². The maximum absolute atomic E-state index is 10.9. The van der Waals surface area contributed by atoms with Crippen LogP contribution in [0.5, 0.6) is 5.75 Å². The fraction of sp³-hybridized carbons (Fsp3) is 0.462. The van der Waals surface area contributed by atoms with E-state index in [-0.39, 0.29) is 6.10 Å². The summed E-state index contributed by atoms with van der Waals surface area (Å²) in [6.45, 7) is 2.49. The Morgan fingerprint density at radius 2 is 2.35 bits per heavy atom. The van der Waals surface area contributed by atoms with Crippen LogP contribution in [0.1, 0.15) is 30.1 Å². The third-order valence-corrected chi connectivity index (χ3v) is 3.16. The van der Waals surface area contributed by atoms with Gasteiger partial charge in [0, 0.05) is 0 Å². The van der Waals surface area contributed by atoms with Crippen molar-refractivity contribution in [2.75, 3.05) is 6.61 Å². The Hall–Kier alpha value is -1.06. The molecule has 1 aromatic carbocycles. The first-order chi connectivity index (χ1) is 8.20. The van der Waals surface area contributed by atoms with Gasteiger partial charge < -0.3 is 9.47 Å². The Labute approximate surface area is 106 Å². The number of ether oxygens (including phenoxy) is 2. The Kier molecular flexibility index (Phi) is 4.02. The van der Waals surface area contributed by atoms with Crippen molar-refractivity contribution in [1.29, 1.82) is 0 Å². The normalized spacial score (nSPS) is 23.6. The van der Waals surface area contributed by atoms with Gasteiger partial charge in [-0.25, -0.2) is 0 Å². The van der Waals surface area contributed by atoms with Gasteiger partial charge >= 0.3 is 0 Å². The molecule has 0 aliphatic carbocycles. The molecule has 2 rings (SSSR count). The van der Waals surface area contributed by atoms with Crippen LogP contribution in [0.15, 0.2) is 18.2 Å². The van der Waals surface area contributed by atoms with Crippen LogP contribution in [-0.2, 0) is 4.74 Å². The van der Waals surface area contributed by atoms with E-state index in [1.807, 2.05) is 6.92 Å². The van der Waals surface area contributed by atoms with E-state index >= 15 is 0 Å². The smallest absolute Gasteiger partial charge is 0.153 e. The van der Waals surface area contributed by atoms with E-state index in [0.29, 0.717) is 29.0 Å². The van der Waals surface area contributed by atoms with Crippen molar-refractivity contribution in [3.63, 3.8) is 0 Å². The average molecular weight is 255 g/mol. The fourth-order valence-corrected chi connectivity index (χ4v) is 2.19. The molecule has 0 spiro atoms. The molecule has 1 aromatic rings. The van der Waals surface area contributed by atoms with E-state index in [1.54, 1.807) is 18.2 Å². The van der Waals surface area contributed by atoms with Gasteiger partial charge in [-0.05, 0) is 31.9 Å². The minimum atomic E-state index is 0.0979. The molecule has 0 N–H and O–H groups in total. The highest BCUT2D eigenvalue weighted by atomic mass is 35.5. The number of carbonyl (C=O) groups is 1. The zero-order chi connectivity index (χ0) is 12.3. The number of halogens is 1. The Morgan fingerprint density at radius 1 is 1.53 bits per heavy atom. The van der Waals surface area contributed by atoms with Gasteiger partial charge in [0.15, 0.2) is 6.29 Å². The van der Waals surface area contributed by atoms with Crippen molar-refractivity contribution in [2.45, 2.75) is 32.0 Å². The number of aldehydes is 1. The summed E-state index contributed by atoms with van der Waals surface area (Å²) in [6.07, 6.45) is 3.18. The zero-order valence-corrected chi connectivity index (χ0v) is 10.4. The maximum Gasteiger partial charge on any atom is 0.153 e. The molecule has 17 heavy (non-hydrogen) atoms. The third kappa shape index (κ3) is 2.99. The molecule has 1 saturated heterocycles. The molecule has 0 saturated carbocycles. The molecule has 1 aliphatic heterocycles. The van der Waals surface area contributed by atoms with Crippen molar-refractivity contribution in [3.05, 3.63) is 28.8 Å². The standard InChI is InChI=1S/C13H15ClO3/c1-9-5-6-11(17-9)8-16-13-10(7-15)3-2-4-12(13)14/h2-4,7,9,11H,5-6,8H2,1H3. The highest BCUT2D eigenvalue weighted by molar-refractivity contribution is 6.32. The lowest BCUT2D eigenvalue weighted by molar-refractivity contribution is 0.0263. The van der Waals surface area contributed by atoms with Crippen LogP contribution in [0.3, 0.4) is 0 Å². The molecular formula is C13H15ClO3. The molecule has 0 bridgehead atoms. The van der Waals surface area contributed by atoms with E-state index in [1.165, 1.54) is 0 Å². The largest absolute Gasteiger partial charge is 0.489 e. The lowest BCUT2D eigenvalue weighted by Gasteiger charge is -2.14. The molecule has 2 atom stereocenters. The number of para-hydroxylation sites is 1. The number of benzene rings is 1. The first-order valence-electron chi connectivity index (χ1n) is 5.72. The Bertz CT molecular complexity index is 406. The molecule has 1 heterocycles. The van der Waals surface area contributed by atoms with E-state index in [9.17, 15) is 4.79 Å². The summed E-state index contributed by atoms with van der Waals surface area (Å²) >= 11 is 6.00. The summed E-state index contributed by atoms with van der Waals surface area (Å²) in [7, 11) is 0. The second-order valence-electron chi connectivity index (χ2n) is 4.23. The first kappa shape index (κ1) is 12.4. The molecule has 4 heteroatoms. The minimum absolute atomic E-state index is 0.0979. The van der Waals surface area contributed by atoms with E-state index in [4.69, 9.17) is 21.1 Å². The van der Waals surface area contributed by atoms with E-state index in [0.717, 1.165) is 19.1 Å². The third-order valence-electron chi connectivity index (χ3n) is 2.86. The van der Waals surface area contributed by atoms with Crippen LogP contribution in [-0.4, -0.2) is 25.1 Å². The van der Waals surface area contributed by atoms with E-state index in [2.05, 4.69) is 0 Å². The molecule has 3 nitrogen and oxygen atoms in total. The van der Waals surface area contributed by atoms with Crippen LogP contribution < -0.4 is 4.74 Å². The zero-order valence-electron chi connectivity index (χ0n) is 9.69. The monoisotopic (exact) mass is 254 g/mol. The lowest BCUT2D eigenvalue weighted by Crippen LogP contribution is -2.18. The van der Waals surface area contributed by atoms with Gasteiger partial charge in [-0.15, -0.1) is 0 Å². The number of carbonyl (C=O) groups excluding carboxylic acids is 1. The average Bonchev–Trinajstić information content (AvgIpc) is 2.73. The van der Waals surface area contributed by atoms with Crippen LogP contribution in [0.25, 0.3) is 0 Å². The second kappa shape index (κ2) is 5.52. The van der Waals surface area contributed by atoms with Gasteiger partial charge in [-0.3, -0.25) is 4.79 Å². The van der Waals surface area contributed by atoms with Crippen LogP contribution in [0, 0.1) is 0 Å². The molecule has 2 unspecified atom stereocenters. The molecular weight excluding hydrogens is 240 g/mol. The Morgan fingerprint density at radius 3 is 3.00 bits per heavy atom. The van der Waals surface area contributed by atoms with Crippen LogP contribution in [0.4, 0.5) is 0 Å². The van der Waals surface area contributed by atoms with Crippen LogP contribution in [0.2, 0.25) is 5.02 Å². The van der Waals surface area contributed by atoms with Crippen molar-refractivity contribution in [2.24, 2.45) is 0 Å². The highest BCUT2D eigenvalue weighted by Crippen LogP contribution is 2.28. The molecule has 0 aromatic heterocycles. The van der Waals surface area contributed by atoms with Gasteiger partial charge in [0.05, 0.1) is 22.8 Å². The molecule has 0 amide bonds. The van der Waals surface area contributed by atoms with Gasteiger partial charge in [0.2, 0.25) is 0 Å². The highest BCUT2D eigenvalue weighted by Gasteiger charge is 2.22. The number of hydrogen-bond donors (Lipinski definition) is 0. The summed E-state index contributed by atoms with van der Waals surface area (Å²) in [5, 5.41) is 0.459. The lowest BCUT2D eigenvalue weighted by atomic mass is 10.2. The Balaban J connectivity index is 2.01. The predicted octanol–water partition coefficient (Wildman–Crippen LogP) is 3.10. The van der Waals surface area contributed by atoms with Crippen molar-refractivity contribution in [3.8, 4) is 5.75 Å². The summed E-state index contributed by atoms with van der Waals surface area (Å²) in [5.74, 6) is 0.451. The van der Waals surface area contributed by atoms with Gasteiger partial charge in [-0.1, -0.05) is 17.7 Å². The van der Waals surface area contributed by atoms with E-state index < -0.39 is 0 Å². The summed E-state index contributed by atoms with van der Waals surface area (Å²) in [6, 6.07) is 5.13. The van der Waals surface area contributed by atoms with Crippen molar-refractivity contribution >= 4 is 17.9 Å². The molecule has 1 aliphatic rings. The number of hydrogen-bond acceptors (Lipinski definition) is 3.